The smallest absolute Gasteiger partial charge is 0.416 e. The summed E-state index contributed by atoms with van der Waals surface area (Å²) in [6.07, 6.45) is -0.668. The Balaban J connectivity index is 1.61. The molecule has 4 rings (SSSR count). The van der Waals surface area contributed by atoms with E-state index in [1.54, 1.807) is 12.3 Å². The van der Waals surface area contributed by atoms with Gasteiger partial charge >= 0.3 is 6.18 Å². The molecule has 2 aromatic carbocycles. The number of alkyl halides is 3. The molecule has 164 valence electrons. The third-order valence-corrected chi connectivity index (χ3v) is 5.72. The third kappa shape index (κ3) is 4.74. The topological polar surface area (TPSA) is 59.1 Å². The van der Waals surface area contributed by atoms with Gasteiger partial charge in [0.25, 0.3) is 0 Å². The van der Waals surface area contributed by atoms with E-state index in [1.807, 2.05) is 25.1 Å². The van der Waals surface area contributed by atoms with Crippen LogP contribution in [-0.4, -0.2) is 29.4 Å². The van der Waals surface area contributed by atoms with E-state index in [0.717, 1.165) is 48.5 Å². The molecule has 0 radical (unpaired) electrons. The number of hydrogen-bond acceptors (Lipinski definition) is 5. The van der Waals surface area contributed by atoms with Crippen molar-refractivity contribution in [2.75, 3.05) is 18.4 Å². The highest BCUT2D eigenvalue weighted by molar-refractivity contribution is 5.92. The van der Waals surface area contributed by atoms with Crippen LogP contribution in [0.4, 0.5) is 19.0 Å². The highest BCUT2D eigenvalue weighted by Crippen LogP contribution is 2.35. The van der Waals surface area contributed by atoms with E-state index in [0.29, 0.717) is 11.4 Å². The lowest BCUT2D eigenvalue weighted by Gasteiger charge is -2.24. The second-order valence-electron chi connectivity index (χ2n) is 7.89. The molecule has 1 unspecified atom stereocenters. The van der Waals surface area contributed by atoms with Crippen LogP contribution in [0.15, 0.2) is 42.6 Å². The molecule has 0 saturated carbocycles. The fourth-order valence-electron chi connectivity index (χ4n) is 4.05. The second-order valence-corrected chi connectivity index (χ2v) is 7.89. The van der Waals surface area contributed by atoms with Gasteiger partial charge in [-0.3, -0.25) is 0 Å². The number of fused-ring (bicyclic) bond motifs is 1. The van der Waals surface area contributed by atoms with Crippen LogP contribution in [0.2, 0.25) is 0 Å². The number of piperidine rings is 1. The summed E-state index contributed by atoms with van der Waals surface area (Å²) in [6, 6.07) is 9.60. The van der Waals surface area contributed by atoms with Gasteiger partial charge in [-0.2, -0.15) is 18.3 Å². The molecule has 8 heteroatoms. The largest absolute Gasteiger partial charge is 0.490 e. The first kappa shape index (κ1) is 21.4. The molecule has 3 aromatic rings. The second kappa shape index (κ2) is 8.70. The number of ether oxygens (including phenoxy) is 1. The molecular formula is C23H25F3N4O. The molecule has 2 N–H and O–H groups in total. The average molecular weight is 430 g/mol. The van der Waals surface area contributed by atoms with Gasteiger partial charge in [-0.25, -0.2) is 0 Å². The van der Waals surface area contributed by atoms with Crippen LogP contribution >= 0.6 is 0 Å². The Hall–Kier alpha value is -2.87. The molecule has 1 saturated heterocycles. The normalized spacial score (nSPS) is 16.3. The van der Waals surface area contributed by atoms with Gasteiger partial charge in [0.15, 0.2) is 5.82 Å². The lowest BCUT2D eigenvalue weighted by molar-refractivity contribution is -0.138. The van der Waals surface area contributed by atoms with E-state index >= 15 is 0 Å². The number of rotatable bonds is 5. The first-order valence-corrected chi connectivity index (χ1v) is 10.4. The Morgan fingerprint density at radius 3 is 2.68 bits per heavy atom. The van der Waals surface area contributed by atoms with Crippen LogP contribution < -0.4 is 15.4 Å². The van der Waals surface area contributed by atoms with Gasteiger partial charge in [-0.05, 0) is 75.2 Å². The summed E-state index contributed by atoms with van der Waals surface area (Å²) in [4.78, 5) is 0. The van der Waals surface area contributed by atoms with Crippen LogP contribution in [0.25, 0.3) is 10.8 Å². The van der Waals surface area contributed by atoms with E-state index in [1.165, 1.54) is 13.0 Å². The maximum absolute atomic E-state index is 13.3. The van der Waals surface area contributed by atoms with Crippen molar-refractivity contribution >= 4 is 16.6 Å². The van der Waals surface area contributed by atoms with Gasteiger partial charge in [0.1, 0.15) is 11.9 Å². The Bertz CT molecular complexity index is 1060. The summed E-state index contributed by atoms with van der Waals surface area (Å²) in [7, 11) is 0. The molecule has 1 aliphatic heterocycles. The van der Waals surface area contributed by atoms with Crippen LogP contribution in [0.5, 0.6) is 5.75 Å². The molecule has 1 aliphatic rings. The summed E-state index contributed by atoms with van der Waals surface area (Å²) in [5, 5.41) is 16.5. The number of nitrogens with zero attached hydrogens (tertiary/aromatic N) is 2. The molecule has 0 spiro atoms. The maximum atomic E-state index is 13.3. The number of benzene rings is 2. The Morgan fingerprint density at radius 2 is 1.94 bits per heavy atom. The molecule has 0 aliphatic carbocycles. The minimum Gasteiger partial charge on any atom is -0.490 e. The quantitative estimate of drug-likeness (QED) is 0.578. The number of aromatic nitrogens is 2. The predicted octanol–water partition coefficient (Wildman–Crippen LogP) is 5.26. The van der Waals surface area contributed by atoms with Gasteiger partial charge in [-0.1, -0.05) is 12.1 Å². The van der Waals surface area contributed by atoms with E-state index in [9.17, 15) is 13.2 Å². The maximum Gasteiger partial charge on any atom is 0.416 e. The molecule has 5 nitrogen and oxygen atoms in total. The Morgan fingerprint density at radius 1 is 1.16 bits per heavy atom. The number of anilines is 1. The van der Waals surface area contributed by atoms with Crippen LogP contribution in [0.1, 0.15) is 42.5 Å². The zero-order valence-corrected chi connectivity index (χ0v) is 17.5. The summed E-state index contributed by atoms with van der Waals surface area (Å²) in [5.41, 5.74) is 0.147. The minimum absolute atomic E-state index is 0.164. The van der Waals surface area contributed by atoms with E-state index in [2.05, 4.69) is 20.8 Å². The van der Waals surface area contributed by atoms with Gasteiger partial charge < -0.3 is 15.4 Å². The first-order chi connectivity index (χ1) is 14.8. The minimum atomic E-state index is -4.39. The van der Waals surface area contributed by atoms with E-state index in [-0.39, 0.29) is 11.7 Å². The summed E-state index contributed by atoms with van der Waals surface area (Å²) in [6.45, 7) is 5.18. The fourth-order valence-corrected chi connectivity index (χ4v) is 4.05. The van der Waals surface area contributed by atoms with Gasteiger partial charge in [0.05, 0.1) is 17.8 Å². The van der Waals surface area contributed by atoms with Crippen molar-refractivity contribution in [3.8, 4) is 5.75 Å². The zero-order valence-electron chi connectivity index (χ0n) is 17.5. The van der Waals surface area contributed by atoms with Crippen LogP contribution in [0.3, 0.4) is 0 Å². The van der Waals surface area contributed by atoms with Crippen molar-refractivity contribution in [3.63, 3.8) is 0 Å². The summed E-state index contributed by atoms with van der Waals surface area (Å²) >= 11 is 0. The van der Waals surface area contributed by atoms with Crippen molar-refractivity contribution in [1.82, 2.24) is 15.5 Å². The molecule has 0 bridgehead atoms. The van der Waals surface area contributed by atoms with Crippen molar-refractivity contribution in [3.05, 3.63) is 59.3 Å². The highest BCUT2D eigenvalue weighted by atomic mass is 19.4. The average Bonchev–Trinajstić information content (AvgIpc) is 2.74. The predicted molar refractivity (Wildman–Crippen MR) is 114 cm³/mol. The Kier molecular flexibility index (Phi) is 6.00. The number of nitrogens with one attached hydrogen (secondary N) is 2. The van der Waals surface area contributed by atoms with Crippen molar-refractivity contribution in [1.29, 1.82) is 0 Å². The molecular weight excluding hydrogens is 405 g/mol. The van der Waals surface area contributed by atoms with E-state index in [4.69, 9.17) is 4.74 Å². The molecule has 1 aromatic heterocycles. The van der Waals surface area contributed by atoms with E-state index < -0.39 is 17.8 Å². The Labute approximate surface area is 179 Å². The van der Waals surface area contributed by atoms with Gasteiger partial charge in [-0.15, -0.1) is 5.10 Å². The standard InChI is InChI=1S/C23H25F3N4O/c1-14-19(4-3-5-21(14)23(24,25)26)15(2)29-22-20-12-18(7-6-16(20)13-28-30-22)31-17-8-10-27-11-9-17/h3-7,12-13,15,17,27H,8-11H2,1-2H3,(H,29,30). The molecule has 1 fully saturated rings. The lowest BCUT2D eigenvalue weighted by atomic mass is 9.97. The monoisotopic (exact) mass is 430 g/mol. The molecule has 2 heterocycles. The van der Waals surface area contributed by atoms with Crippen LogP contribution in [-0.2, 0) is 6.18 Å². The van der Waals surface area contributed by atoms with Crippen molar-refractivity contribution in [2.24, 2.45) is 0 Å². The van der Waals surface area contributed by atoms with Crippen molar-refractivity contribution in [2.45, 2.75) is 45.0 Å². The highest BCUT2D eigenvalue weighted by Gasteiger charge is 2.33. The molecule has 1 atom stereocenters. The van der Waals surface area contributed by atoms with Gasteiger partial charge in [0.2, 0.25) is 0 Å². The summed E-state index contributed by atoms with van der Waals surface area (Å²) < 4.78 is 46.1. The van der Waals surface area contributed by atoms with Gasteiger partial charge in [0, 0.05) is 10.8 Å². The number of hydrogen-bond donors (Lipinski definition) is 2. The first-order valence-electron chi connectivity index (χ1n) is 10.4. The molecule has 0 amide bonds. The lowest BCUT2D eigenvalue weighted by Crippen LogP contribution is -2.34. The molecule has 31 heavy (non-hydrogen) atoms. The SMILES string of the molecule is Cc1c(C(C)Nc2nncc3ccc(OC4CCNCC4)cc23)cccc1C(F)(F)F. The third-order valence-electron chi connectivity index (χ3n) is 5.72. The fraction of sp³-hybridized carbons (Fsp3) is 0.391. The zero-order chi connectivity index (χ0) is 22.0. The van der Waals surface area contributed by atoms with Crippen molar-refractivity contribution < 1.29 is 17.9 Å². The van der Waals surface area contributed by atoms with Crippen LogP contribution in [0, 0.1) is 6.92 Å². The number of halogens is 3. The summed E-state index contributed by atoms with van der Waals surface area (Å²) in [5.74, 6) is 1.26.